The van der Waals surface area contributed by atoms with Crippen LogP contribution in [0.4, 0.5) is 0 Å². The fourth-order valence-electron chi connectivity index (χ4n) is 3.39. The highest BCUT2D eigenvalue weighted by atomic mass is 16.5. The number of ether oxygens (including phenoxy) is 1. The quantitative estimate of drug-likeness (QED) is 0.882. The van der Waals surface area contributed by atoms with Gasteiger partial charge in [0.25, 0.3) is 5.91 Å². The molecule has 3 atom stereocenters. The van der Waals surface area contributed by atoms with Gasteiger partial charge in [0.05, 0.1) is 18.1 Å². The minimum Gasteiger partial charge on any atom is -0.375 e. The highest BCUT2D eigenvalue weighted by Gasteiger charge is 2.50. The number of carbonyl (C=O) groups is 2. The number of nitrogens with one attached hydrogen (secondary N) is 1. The molecular weight excluding hydrogens is 268 g/mol. The first kappa shape index (κ1) is 14.1. The van der Waals surface area contributed by atoms with E-state index in [4.69, 9.17) is 4.74 Å². The summed E-state index contributed by atoms with van der Waals surface area (Å²) in [7, 11) is 1.62. The van der Waals surface area contributed by atoms with Crippen molar-refractivity contribution in [2.45, 2.75) is 25.5 Å². The highest BCUT2D eigenvalue weighted by Crippen LogP contribution is 2.34. The molecule has 0 unspecified atom stereocenters. The number of likely N-dealkylation sites (tertiary alicyclic amines) is 1. The zero-order chi connectivity index (χ0) is 15.0. The smallest absolute Gasteiger partial charge is 0.254 e. The summed E-state index contributed by atoms with van der Waals surface area (Å²) >= 11 is 0. The Morgan fingerprint density at radius 2 is 2.10 bits per heavy atom. The van der Waals surface area contributed by atoms with Gasteiger partial charge in [0.1, 0.15) is 0 Å². The van der Waals surface area contributed by atoms with Gasteiger partial charge >= 0.3 is 0 Å². The second-order valence-corrected chi connectivity index (χ2v) is 5.68. The molecule has 2 aliphatic heterocycles. The van der Waals surface area contributed by atoms with Crippen LogP contribution in [0, 0.1) is 12.8 Å². The molecule has 0 spiro atoms. The number of hydrogen-bond acceptors (Lipinski definition) is 3. The molecule has 112 valence electrons. The second kappa shape index (κ2) is 5.48. The average Bonchev–Trinajstić information content (AvgIpc) is 3.08. The molecule has 1 aromatic rings. The molecule has 1 N–H and O–H groups in total. The number of rotatable bonds is 2. The molecule has 2 heterocycles. The third-order valence-corrected chi connectivity index (χ3v) is 4.51. The van der Waals surface area contributed by atoms with E-state index in [-0.39, 0.29) is 29.9 Å². The van der Waals surface area contributed by atoms with Crippen LogP contribution in [0.1, 0.15) is 22.3 Å². The van der Waals surface area contributed by atoms with E-state index in [2.05, 4.69) is 5.32 Å². The lowest BCUT2D eigenvalue weighted by Crippen LogP contribution is -2.37. The second-order valence-electron chi connectivity index (χ2n) is 5.68. The Morgan fingerprint density at radius 1 is 1.33 bits per heavy atom. The van der Waals surface area contributed by atoms with E-state index in [9.17, 15) is 9.59 Å². The fourth-order valence-corrected chi connectivity index (χ4v) is 3.39. The fraction of sp³-hybridized carbons (Fsp3) is 0.500. The maximum atomic E-state index is 12.8. The van der Waals surface area contributed by atoms with E-state index < -0.39 is 0 Å². The Labute approximate surface area is 124 Å². The molecule has 2 fully saturated rings. The lowest BCUT2D eigenvalue weighted by molar-refractivity contribution is -0.127. The minimum atomic E-state index is -0.268. The van der Waals surface area contributed by atoms with Crippen LogP contribution in [-0.2, 0) is 9.53 Å². The van der Waals surface area contributed by atoms with E-state index in [1.807, 2.05) is 36.1 Å². The SMILES string of the molecule is CNC(=O)[C@H]1CN(C(=O)c2ccccc2C)[C@@H]2CCO[C@H]12. The zero-order valence-corrected chi connectivity index (χ0v) is 12.3. The predicted molar refractivity (Wildman–Crippen MR) is 77.9 cm³/mol. The largest absolute Gasteiger partial charge is 0.375 e. The number of carbonyl (C=O) groups excluding carboxylic acids is 2. The molecule has 5 nitrogen and oxygen atoms in total. The molecule has 0 aliphatic carbocycles. The van der Waals surface area contributed by atoms with Crippen LogP contribution < -0.4 is 5.32 Å². The van der Waals surface area contributed by atoms with E-state index in [0.29, 0.717) is 18.7 Å². The minimum absolute atomic E-state index is 0.00000283. The Kier molecular flexibility index (Phi) is 3.68. The van der Waals surface area contributed by atoms with E-state index in [1.165, 1.54) is 0 Å². The number of aryl methyl sites for hydroxylation is 1. The third-order valence-electron chi connectivity index (χ3n) is 4.51. The summed E-state index contributed by atoms with van der Waals surface area (Å²) in [6, 6.07) is 7.58. The first-order valence-electron chi connectivity index (χ1n) is 7.33. The van der Waals surface area contributed by atoms with Gasteiger partial charge in [0, 0.05) is 25.8 Å². The van der Waals surface area contributed by atoms with E-state index >= 15 is 0 Å². The molecular formula is C16H20N2O3. The lowest BCUT2D eigenvalue weighted by Gasteiger charge is -2.23. The molecule has 2 amide bonds. The predicted octanol–water partition coefficient (Wildman–Crippen LogP) is 0.971. The standard InChI is InChI=1S/C16H20N2O3/c1-10-5-3-4-6-11(10)16(20)18-9-12(15(19)17-2)14-13(18)7-8-21-14/h3-6,12-14H,7-9H2,1-2H3,(H,17,19)/t12-,13+,14+/m0/s1. The zero-order valence-electron chi connectivity index (χ0n) is 12.3. The van der Waals surface area contributed by atoms with Gasteiger partial charge in [0.2, 0.25) is 5.91 Å². The summed E-state index contributed by atoms with van der Waals surface area (Å²) in [5.74, 6) is -0.317. The molecule has 0 saturated carbocycles. The van der Waals surface area contributed by atoms with Crippen molar-refractivity contribution >= 4 is 11.8 Å². The Morgan fingerprint density at radius 3 is 2.81 bits per heavy atom. The van der Waals surface area contributed by atoms with Crippen molar-refractivity contribution in [3.05, 3.63) is 35.4 Å². The lowest BCUT2D eigenvalue weighted by atomic mass is 10.0. The van der Waals surface area contributed by atoms with Gasteiger partial charge in [-0.05, 0) is 25.0 Å². The Hall–Kier alpha value is -1.88. The summed E-state index contributed by atoms with van der Waals surface area (Å²) in [6.07, 6.45) is 0.633. The van der Waals surface area contributed by atoms with Crippen LogP contribution in [-0.4, -0.2) is 49.1 Å². The highest BCUT2D eigenvalue weighted by molar-refractivity contribution is 5.96. The van der Waals surface area contributed by atoms with Gasteiger partial charge in [0.15, 0.2) is 0 Å². The van der Waals surface area contributed by atoms with Gasteiger partial charge in [-0.2, -0.15) is 0 Å². The molecule has 21 heavy (non-hydrogen) atoms. The molecule has 2 aliphatic rings. The monoisotopic (exact) mass is 288 g/mol. The van der Waals surface area contributed by atoms with Crippen LogP contribution in [0.15, 0.2) is 24.3 Å². The summed E-state index contributed by atoms with van der Waals surface area (Å²) in [5, 5.41) is 2.67. The summed E-state index contributed by atoms with van der Waals surface area (Å²) in [5.41, 5.74) is 1.67. The van der Waals surface area contributed by atoms with Crippen molar-refractivity contribution < 1.29 is 14.3 Å². The Balaban J connectivity index is 1.87. The number of amides is 2. The van der Waals surface area contributed by atoms with Crippen molar-refractivity contribution in [3.8, 4) is 0 Å². The van der Waals surface area contributed by atoms with Crippen molar-refractivity contribution in [2.75, 3.05) is 20.2 Å². The summed E-state index contributed by atoms with van der Waals surface area (Å²) in [6.45, 7) is 2.98. The normalized spacial score (nSPS) is 27.5. The van der Waals surface area contributed by atoms with Crippen molar-refractivity contribution in [3.63, 3.8) is 0 Å². The van der Waals surface area contributed by atoms with Crippen molar-refractivity contribution in [1.29, 1.82) is 0 Å². The molecule has 3 rings (SSSR count). The molecule has 1 aromatic carbocycles. The third kappa shape index (κ3) is 2.31. The van der Waals surface area contributed by atoms with Crippen LogP contribution in [0.3, 0.4) is 0 Å². The van der Waals surface area contributed by atoms with Crippen LogP contribution >= 0.6 is 0 Å². The Bertz CT molecular complexity index is 572. The van der Waals surface area contributed by atoms with E-state index in [0.717, 1.165) is 12.0 Å². The van der Waals surface area contributed by atoms with Gasteiger partial charge in [-0.25, -0.2) is 0 Å². The van der Waals surface area contributed by atoms with Crippen molar-refractivity contribution in [1.82, 2.24) is 10.2 Å². The average molecular weight is 288 g/mol. The molecule has 0 aromatic heterocycles. The number of hydrogen-bond donors (Lipinski definition) is 1. The van der Waals surface area contributed by atoms with Crippen molar-refractivity contribution in [2.24, 2.45) is 5.92 Å². The molecule has 0 bridgehead atoms. The van der Waals surface area contributed by atoms with Gasteiger partial charge in [-0.1, -0.05) is 18.2 Å². The molecule has 5 heteroatoms. The van der Waals surface area contributed by atoms with Gasteiger partial charge < -0.3 is 15.0 Å². The van der Waals surface area contributed by atoms with Crippen LogP contribution in [0.2, 0.25) is 0 Å². The van der Waals surface area contributed by atoms with Gasteiger partial charge in [-0.15, -0.1) is 0 Å². The van der Waals surface area contributed by atoms with Gasteiger partial charge in [-0.3, -0.25) is 9.59 Å². The topological polar surface area (TPSA) is 58.6 Å². The molecule has 0 radical (unpaired) electrons. The summed E-state index contributed by atoms with van der Waals surface area (Å²) < 4.78 is 5.70. The first-order valence-corrected chi connectivity index (χ1v) is 7.33. The first-order chi connectivity index (χ1) is 10.1. The van der Waals surface area contributed by atoms with Crippen LogP contribution in [0.25, 0.3) is 0 Å². The maximum absolute atomic E-state index is 12.8. The number of nitrogens with zero attached hydrogens (tertiary/aromatic N) is 1. The van der Waals surface area contributed by atoms with Crippen LogP contribution in [0.5, 0.6) is 0 Å². The molecule has 2 saturated heterocycles. The number of benzene rings is 1. The maximum Gasteiger partial charge on any atom is 0.254 e. The summed E-state index contributed by atoms with van der Waals surface area (Å²) in [4.78, 5) is 26.6. The number of fused-ring (bicyclic) bond motifs is 1. The van der Waals surface area contributed by atoms with E-state index in [1.54, 1.807) is 7.05 Å².